The van der Waals surface area contributed by atoms with Gasteiger partial charge in [0.1, 0.15) is 12.4 Å². The summed E-state index contributed by atoms with van der Waals surface area (Å²) in [6, 6.07) is 8.88. The molecule has 26 heavy (non-hydrogen) atoms. The molecule has 0 saturated carbocycles. The fraction of sp³-hybridized carbons (Fsp3) is 0.353. The van der Waals surface area contributed by atoms with Gasteiger partial charge < -0.3 is 10.1 Å². The first-order valence-corrected chi connectivity index (χ1v) is 8.50. The molecule has 0 aliphatic rings. The molecule has 0 atom stereocenters. The summed E-state index contributed by atoms with van der Waals surface area (Å²) in [6.07, 6.45) is 4.46. The molecular formula is C17H21N7O2. The van der Waals surface area contributed by atoms with Crippen molar-refractivity contribution in [3.63, 3.8) is 0 Å². The van der Waals surface area contributed by atoms with Crippen molar-refractivity contribution in [1.82, 2.24) is 35.3 Å². The minimum atomic E-state index is -0.105. The van der Waals surface area contributed by atoms with Gasteiger partial charge in [0.15, 0.2) is 5.82 Å². The molecule has 9 heteroatoms. The van der Waals surface area contributed by atoms with Crippen LogP contribution in [0.2, 0.25) is 0 Å². The maximum absolute atomic E-state index is 12.1. The second-order valence-corrected chi connectivity index (χ2v) is 5.60. The number of ether oxygens (including phenoxy) is 1. The summed E-state index contributed by atoms with van der Waals surface area (Å²) < 4.78 is 9.17. The first kappa shape index (κ1) is 17.6. The van der Waals surface area contributed by atoms with Crippen LogP contribution in [0.25, 0.3) is 0 Å². The minimum Gasteiger partial charge on any atom is -0.486 e. The predicted octanol–water partition coefficient (Wildman–Crippen LogP) is 1.29. The van der Waals surface area contributed by atoms with Crippen LogP contribution in [0.4, 0.5) is 0 Å². The maximum atomic E-state index is 12.1. The number of aryl methyl sites for hydroxylation is 2. The molecular weight excluding hydrogens is 334 g/mol. The average Bonchev–Trinajstić information content (AvgIpc) is 3.35. The van der Waals surface area contributed by atoms with E-state index in [-0.39, 0.29) is 12.5 Å². The molecule has 3 rings (SSSR count). The lowest BCUT2D eigenvalue weighted by molar-refractivity contribution is 0.0952. The Morgan fingerprint density at radius 2 is 2.12 bits per heavy atom. The van der Waals surface area contributed by atoms with Gasteiger partial charge in [0.2, 0.25) is 0 Å². The van der Waals surface area contributed by atoms with Crippen LogP contribution >= 0.6 is 0 Å². The van der Waals surface area contributed by atoms with Crippen molar-refractivity contribution in [2.45, 2.75) is 33.0 Å². The van der Waals surface area contributed by atoms with Gasteiger partial charge in [0.25, 0.3) is 5.91 Å². The zero-order valence-electron chi connectivity index (χ0n) is 14.6. The number of hydrogen-bond acceptors (Lipinski definition) is 6. The lowest BCUT2D eigenvalue weighted by Crippen LogP contribution is -2.25. The number of amides is 1. The number of benzene rings is 1. The smallest absolute Gasteiger partial charge is 0.251 e. The summed E-state index contributed by atoms with van der Waals surface area (Å²) in [7, 11) is 0. The van der Waals surface area contributed by atoms with E-state index in [4.69, 9.17) is 4.74 Å². The Morgan fingerprint density at radius 1 is 1.27 bits per heavy atom. The van der Waals surface area contributed by atoms with Gasteiger partial charge in [-0.2, -0.15) is 5.10 Å². The molecule has 1 amide bonds. The van der Waals surface area contributed by atoms with Gasteiger partial charge in [0.05, 0.1) is 0 Å². The van der Waals surface area contributed by atoms with E-state index in [0.29, 0.717) is 30.2 Å². The third kappa shape index (κ3) is 4.65. The van der Waals surface area contributed by atoms with Crippen molar-refractivity contribution in [3.8, 4) is 5.75 Å². The number of tetrazole rings is 1. The van der Waals surface area contributed by atoms with Crippen LogP contribution < -0.4 is 10.1 Å². The van der Waals surface area contributed by atoms with Gasteiger partial charge in [0, 0.05) is 37.6 Å². The number of carbonyl (C=O) groups excluding carboxylic acids is 1. The summed E-state index contributed by atoms with van der Waals surface area (Å²) in [6.45, 7) is 4.29. The van der Waals surface area contributed by atoms with Crippen molar-refractivity contribution < 1.29 is 9.53 Å². The number of rotatable bonds is 9. The van der Waals surface area contributed by atoms with E-state index in [1.165, 1.54) is 0 Å². The highest BCUT2D eigenvalue weighted by atomic mass is 16.5. The first-order valence-electron chi connectivity index (χ1n) is 8.50. The maximum Gasteiger partial charge on any atom is 0.251 e. The first-order chi connectivity index (χ1) is 12.8. The Labute approximate surface area is 151 Å². The van der Waals surface area contributed by atoms with Crippen molar-refractivity contribution in [2.24, 2.45) is 0 Å². The number of carbonyl (C=O) groups is 1. The molecule has 0 aliphatic heterocycles. The Kier molecular flexibility index (Phi) is 5.92. The molecule has 9 nitrogen and oxygen atoms in total. The molecule has 136 valence electrons. The van der Waals surface area contributed by atoms with Crippen LogP contribution in [-0.2, 0) is 19.7 Å². The molecule has 2 heterocycles. The van der Waals surface area contributed by atoms with Crippen molar-refractivity contribution in [2.75, 3.05) is 6.54 Å². The second-order valence-electron chi connectivity index (χ2n) is 5.60. The van der Waals surface area contributed by atoms with Crippen molar-refractivity contribution >= 4 is 5.91 Å². The van der Waals surface area contributed by atoms with E-state index in [1.807, 2.05) is 23.9 Å². The second kappa shape index (κ2) is 8.75. The molecule has 0 aliphatic carbocycles. The summed E-state index contributed by atoms with van der Waals surface area (Å²) in [5.74, 6) is 1.21. The van der Waals surface area contributed by atoms with E-state index in [1.54, 1.807) is 35.1 Å². The van der Waals surface area contributed by atoms with Crippen LogP contribution in [0.1, 0.15) is 29.5 Å². The number of nitrogens with zero attached hydrogens (tertiary/aromatic N) is 6. The Balaban J connectivity index is 1.43. The fourth-order valence-corrected chi connectivity index (χ4v) is 2.40. The highest BCUT2D eigenvalue weighted by Gasteiger charge is 2.07. The summed E-state index contributed by atoms with van der Waals surface area (Å²) in [4.78, 5) is 12.1. The quantitative estimate of drug-likeness (QED) is 0.581. The molecule has 2 aromatic heterocycles. The minimum absolute atomic E-state index is 0.105. The highest BCUT2D eigenvalue weighted by molar-refractivity contribution is 5.94. The third-order valence-electron chi connectivity index (χ3n) is 3.80. The standard InChI is InChI=1S/C17H21N7O2/c1-2-24-16(20-21-22-24)13-26-15-7-5-14(6-8-15)17(25)18-9-3-11-23-12-4-10-19-23/h4-8,10,12H,2-3,9,11,13H2,1H3,(H,18,25). The van der Waals surface area contributed by atoms with Crippen LogP contribution in [0.3, 0.4) is 0 Å². The fourth-order valence-electron chi connectivity index (χ4n) is 2.40. The molecule has 3 aromatic rings. The van der Waals surface area contributed by atoms with Crippen molar-refractivity contribution in [1.29, 1.82) is 0 Å². The van der Waals surface area contributed by atoms with E-state index in [0.717, 1.165) is 13.0 Å². The SMILES string of the molecule is CCn1nnnc1COc1ccc(C(=O)NCCCn2cccn2)cc1. The van der Waals surface area contributed by atoms with Crippen LogP contribution in [-0.4, -0.2) is 42.4 Å². The zero-order valence-corrected chi connectivity index (χ0v) is 14.6. The van der Waals surface area contributed by atoms with Gasteiger partial charge in [-0.25, -0.2) is 4.68 Å². The molecule has 1 aromatic carbocycles. The Morgan fingerprint density at radius 3 is 2.85 bits per heavy atom. The number of nitrogens with one attached hydrogen (secondary N) is 1. The summed E-state index contributed by atoms with van der Waals surface area (Å²) in [5, 5.41) is 18.4. The van der Waals surface area contributed by atoms with E-state index >= 15 is 0 Å². The van der Waals surface area contributed by atoms with Crippen molar-refractivity contribution in [3.05, 3.63) is 54.1 Å². The Bertz CT molecular complexity index is 812. The Hall–Kier alpha value is -3.23. The average molecular weight is 355 g/mol. The number of aromatic nitrogens is 6. The molecule has 0 spiro atoms. The van der Waals surface area contributed by atoms with Crippen LogP contribution in [0, 0.1) is 0 Å². The van der Waals surface area contributed by atoms with Gasteiger partial charge in [-0.15, -0.1) is 5.10 Å². The van der Waals surface area contributed by atoms with Gasteiger partial charge in [-0.05, 0) is 54.1 Å². The summed E-state index contributed by atoms with van der Waals surface area (Å²) in [5.41, 5.74) is 0.592. The molecule has 0 saturated heterocycles. The zero-order chi connectivity index (χ0) is 18.2. The monoisotopic (exact) mass is 355 g/mol. The highest BCUT2D eigenvalue weighted by Crippen LogP contribution is 2.13. The molecule has 1 N–H and O–H groups in total. The van der Waals surface area contributed by atoms with Gasteiger partial charge >= 0.3 is 0 Å². The number of hydrogen-bond donors (Lipinski definition) is 1. The molecule has 0 fully saturated rings. The van der Waals surface area contributed by atoms with E-state index in [9.17, 15) is 4.79 Å². The normalized spacial score (nSPS) is 10.7. The molecule has 0 unspecified atom stereocenters. The topological polar surface area (TPSA) is 99.8 Å². The predicted molar refractivity (Wildman–Crippen MR) is 93.4 cm³/mol. The van der Waals surface area contributed by atoms with Crippen LogP contribution in [0.15, 0.2) is 42.7 Å². The lowest BCUT2D eigenvalue weighted by atomic mass is 10.2. The molecule has 0 radical (unpaired) electrons. The lowest BCUT2D eigenvalue weighted by Gasteiger charge is -2.08. The van der Waals surface area contributed by atoms with E-state index < -0.39 is 0 Å². The molecule has 0 bridgehead atoms. The van der Waals surface area contributed by atoms with Gasteiger partial charge in [-0.1, -0.05) is 0 Å². The van der Waals surface area contributed by atoms with Gasteiger partial charge in [-0.3, -0.25) is 9.48 Å². The van der Waals surface area contributed by atoms with Crippen LogP contribution in [0.5, 0.6) is 5.75 Å². The summed E-state index contributed by atoms with van der Waals surface area (Å²) >= 11 is 0. The third-order valence-corrected chi connectivity index (χ3v) is 3.80. The largest absolute Gasteiger partial charge is 0.486 e. The van der Waals surface area contributed by atoms with E-state index in [2.05, 4.69) is 25.9 Å².